The van der Waals surface area contributed by atoms with E-state index in [0.29, 0.717) is 28.0 Å². The number of ether oxygens (including phenoxy) is 1. The molecule has 1 aromatic heterocycles. The minimum absolute atomic E-state index is 0.221. The molecule has 1 saturated heterocycles. The molecule has 3 aromatic rings. The first-order valence-corrected chi connectivity index (χ1v) is 13.5. The van der Waals surface area contributed by atoms with E-state index in [-0.39, 0.29) is 19.0 Å². The van der Waals surface area contributed by atoms with Crippen LogP contribution in [0.15, 0.2) is 54.7 Å². The Labute approximate surface area is 239 Å². The minimum atomic E-state index is -0.592. The third kappa shape index (κ3) is 8.45. The number of nitrogens with zero attached hydrogens (tertiary/aromatic N) is 3. The smallest absolute Gasteiger partial charge is 0.407 e. The quantitative estimate of drug-likeness (QED) is 0.241. The summed E-state index contributed by atoms with van der Waals surface area (Å²) in [4.78, 5) is 35.8. The largest absolute Gasteiger partial charge is 0.444 e. The van der Waals surface area contributed by atoms with Crippen molar-refractivity contribution in [1.82, 2.24) is 25.9 Å². The van der Waals surface area contributed by atoms with Gasteiger partial charge in [0.05, 0.1) is 17.4 Å². The minimum Gasteiger partial charge on any atom is -0.444 e. The molecule has 0 aliphatic carbocycles. The molecule has 0 unspecified atom stereocenters. The lowest BCUT2D eigenvalue weighted by molar-refractivity contribution is 0.0526. The van der Waals surface area contributed by atoms with Gasteiger partial charge in [0.1, 0.15) is 10.6 Å². The fraction of sp³-hybridized carbons (Fsp3) is 0.357. The normalized spacial score (nSPS) is 13.3. The molecular formula is C28H35ClN8O3. The average molecular weight is 567 g/mol. The maximum Gasteiger partial charge on any atom is 0.407 e. The van der Waals surface area contributed by atoms with Gasteiger partial charge in [0.25, 0.3) is 5.91 Å². The number of alkyl carbamates (subject to hydrolysis) is 1. The van der Waals surface area contributed by atoms with Crippen LogP contribution in [0.1, 0.15) is 31.1 Å². The van der Waals surface area contributed by atoms with E-state index >= 15 is 0 Å². The van der Waals surface area contributed by atoms with Crippen molar-refractivity contribution < 1.29 is 14.3 Å². The first-order chi connectivity index (χ1) is 19.2. The molecule has 1 fully saturated rings. The van der Waals surface area contributed by atoms with E-state index in [1.807, 2.05) is 12.1 Å². The van der Waals surface area contributed by atoms with E-state index in [4.69, 9.17) is 16.3 Å². The van der Waals surface area contributed by atoms with Crippen molar-refractivity contribution in [2.45, 2.75) is 26.4 Å². The number of benzene rings is 2. The lowest BCUT2D eigenvalue weighted by Gasteiger charge is -2.29. The second kappa shape index (κ2) is 13.3. The van der Waals surface area contributed by atoms with Crippen molar-refractivity contribution in [2.24, 2.45) is 0 Å². The number of nitrogens with one attached hydrogen (secondary N) is 5. The summed E-state index contributed by atoms with van der Waals surface area (Å²) in [5.74, 6) is 0.391. The Hall–Kier alpha value is -4.09. The summed E-state index contributed by atoms with van der Waals surface area (Å²) in [7, 11) is 0. The van der Waals surface area contributed by atoms with Crippen molar-refractivity contribution in [1.29, 1.82) is 0 Å². The zero-order valence-electron chi connectivity index (χ0n) is 22.9. The van der Waals surface area contributed by atoms with E-state index in [1.165, 1.54) is 11.9 Å². The van der Waals surface area contributed by atoms with Gasteiger partial charge < -0.3 is 36.2 Å². The standard InChI is InChI=1S/C28H35ClN8O3/c1-28(2,3)40-27(39)32-13-12-31-25(38)21-6-4-5-7-23(21)35-24-22(29)18-33-26(36-24)34-19-8-10-20(11-9-19)37-16-14-30-15-17-37/h4-11,18,30H,12-17H2,1-3H3,(H,31,38)(H,32,39)(H2,33,34,35,36). The summed E-state index contributed by atoms with van der Waals surface area (Å²) in [5, 5.41) is 15.4. The lowest BCUT2D eigenvalue weighted by atomic mass is 10.1. The molecule has 0 bridgehead atoms. The molecule has 5 N–H and O–H groups in total. The van der Waals surface area contributed by atoms with Crippen molar-refractivity contribution in [2.75, 3.05) is 54.8 Å². The van der Waals surface area contributed by atoms with Crippen LogP contribution in [-0.4, -0.2) is 66.8 Å². The Morgan fingerprint density at radius 1 is 1.00 bits per heavy atom. The van der Waals surface area contributed by atoms with Gasteiger partial charge in [-0.05, 0) is 57.2 Å². The molecule has 11 nitrogen and oxygen atoms in total. The molecule has 2 heterocycles. The van der Waals surface area contributed by atoms with Crippen LogP contribution in [-0.2, 0) is 4.74 Å². The molecule has 212 valence electrons. The summed E-state index contributed by atoms with van der Waals surface area (Å²) in [6.07, 6.45) is 0.960. The number of piperazine rings is 1. The third-order valence-corrected chi connectivity index (χ3v) is 6.13. The first-order valence-electron chi connectivity index (χ1n) is 13.1. The van der Waals surface area contributed by atoms with Crippen molar-refractivity contribution in [3.05, 3.63) is 65.3 Å². The molecule has 0 atom stereocenters. The lowest BCUT2D eigenvalue weighted by Crippen LogP contribution is -2.43. The summed E-state index contributed by atoms with van der Waals surface area (Å²) < 4.78 is 5.20. The van der Waals surface area contributed by atoms with E-state index < -0.39 is 11.7 Å². The van der Waals surface area contributed by atoms with Crippen LogP contribution in [0.4, 0.5) is 33.6 Å². The van der Waals surface area contributed by atoms with E-state index in [9.17, 15) is 9.59 Å². The maximum absolute atomic E-state index is 12.9. The third-order valence-electron chi connectivity index (χ3n) is 5.85. The van der Waals surface area contributed by atoms with Crippen LogP contribution in [0.3, 0.4) is 0 Å². The Morgan fingerprint density at radius 3 is 2.42 bits per heavy atom. The molecule has 12 heteroatoms. The van der Waals surface area contributed by atoms with Gasteiger partial charge in [-0.2, -0.15) is 4.98 Å². The van der Waals surface area contributed by atoms with Crippen LogP contribution in [0, 0.1) is 0 Å². The molecule has 1 aliphatic rings. The second-order valence-corrected chi connectivity index (χ2v) is 10.6. The maximum atomic E-state index is 12.9. The van der Waals surface area contributed by atoms with Gasteiger partial charge in [-0.3, -0.25) is 4.79 Å². The fourth-order valence-electron chi connectivity index (χ4n) is 3.99. The number of hydrogen-bond donors (Lipinski definition) is 5. The van der Waals surface area contributed by atoms with Gasteiger partial charge in [-0.15, -0.1) is 0 Å². The number of para-hydroxylation sites is 1. The van der Waals surface area contributed by atoms with E-state index in [0.717, 1.165) is 31.9 Å². The van der Waals surface area contributed by atoms with E-state index in [1.54, 1.807) is 45.0 Å². The second-order valence-electron chi connectivity index (χ2n) is 10.2. The Kier molecular flexibility index (Phi) is 9.62. The number of aromatic nitrogens is 2. The molecule has 0 saturated carbocycles. The molecule has 0 spiro atoms. The van der Waals surface area contributed by atoms with Gasteiger partial charge in [0.2, 0.25) is 5.95 Å². The topological polar surface area (TPSA) is 133 Å². The highest BCUT2D eigenvalue weighted by Gasteiger charge is 2.17. The zero-order chi connectivity index (χ0) is 28.5. The molecule has 2 aromatic carbocycles. The van der Waals surface area contributed by atoms with Crippen molar-refractivity contribution in [3.8, 4) is 0 Å². The molecule has 0 radical (unpaired) electrons. The van der Waals surface area contributed by atoms with Gasteiger partial charge in [-0.1, -0.05) is 23.7 Å². The SMILES string of the molecule is CC(C)(C)OC(=O)NCCNC(=O)c1ccccc1Nc1nc(Nc2ccc(N3CCNCC3)cc2)ncc1Cl. The van der Waals surface area contributed by atoms with Crippen molar-refractivity contribution in [3.63, 3.8) is 0 Å². The van der Waals surface area contributed by atoms with Gasteiger partial charge >= 0.3 is 6.09 Å². The average Bonchev–Trinajstić information content (AvgIpc) is 2.93. The molecule has 40 heavy (non-hydrogen) atoms. The summed E-state index contributed by atoms with van der Waals surface area (Å²) in [6.45, 7) is 9.71. The zero-order valence-corrected chi connectivity index (χ0v) is 23.6. The highest BCUT2D eigenvalue weighted by molar-refractivity contribution is 6.33. The van der Waals surface area contributed by atoms with Gasteiger partial charge in [-0.25, -0.2) is 9.78 Å². The number of carbonyl (C=O) groups is 2. The number of halogens is 1. The molecule has 1 aliphatic heterocycles. The summed E-state index contributed by atoms with van der Waals surface area (Å²) >= 11 is 6.39. The van der Waals surface area contributed by atoms with Crippen molar-refractivity contribution >= 4 is 52.4 Å². The van der Waals surface area contributed by atoms with Crippen LogP contribution < -0.4 is 31.5 Å². The fourth-order valence-corrected chi connectivity index (χ4v) is 4.13. The number of amides is 2. The van der Waals surface area contributed by atoms with Crippen LogP contribution in [0.5, 0.6) is 0 Å². The Balaban J connectivity index is 1.37. The van der Waals surface area contributed by atoms with Gasteiger partial charge in [0, 0.05) is 50.6 Å². The number of rotatable bonds is 9. The number of hydrogen-bond acceptors (Lipinski definition) is 9. The monoisotopic (exact) mass is 566 g/mol. The Morgan fingerprint density at radius 2 is 1.70 bits per heavy atom. The first kappa shape index (κ1) is 28.9. The number of carbonyl (C=O) groups excluding carboxylic acids is 2. The van der Waals surface area contributed by atoms with Crippen LogP contribution >= 0.6 is 11.6 Å². The predicted octanol–water partition coefficient (Wildman–Crippen LogP) is 4.28. The molecular weight excluding hydrogens is 532 g/mol. The van der Waals surface area contributed by atoms with E-state index in [2.05, 4.69) is 53.6 Å². The summed E-state index contributed by atoms with van der Waals surface area (Å²) in [6, 6.07) is 15.1. The highest BCUT2D eigenvalue weighted by atomic mass is 35.5. The van der Waals surface area contributed by atoms with Gasteiger partial charge in [0.15, 0.2) is 5.82 Å². The van der Waals surface area contributed by atoms with Crippen LogP contribution in [0.25, 0.3) is 0 Å². The van der Waals surface area contributed by atoms with Crippen LogP contribution in [0.2, 0.25) is 5.02 Å². The molecule has 2 amide bonds. The molecule has 4 rings (SSSR count). The Bertz CT molecular complexity index is 1310. The summed E-state index contributed by atoms with van der Waals surface area (Å²) in [5.41, 5.74) is 2.33. The number of anilines is 5. The predicted molar refractivity (Wildman–Crippen MR) is 158 cm³/mol. The highest BCUT2D eigenvalue weighted by Crippen LogP contribution is 2.27.